The van der Waals surface area contributed by atoms with Gasteiger partial charge in [-0.2, -0.15) is 0 Å². The maximum atomic E-state index is 6.39. The molecule has 0 aliphatic heterocycles. The van der Waals surface area contributed by atoms with Gasteiger partial charge in [0, 0.05) is 31.9 Å². The first-order chi connectivity index (χ1) is 9.31. The number of aromatic nitrogens is 1. The summed E-state index contributed by atoms with van der Waals surface area (Å²) in [5, 5.41) is 4.10. The average Bonchev–Trinajstić information content (AvgIpc) is 2.34. The van der Waals surface area contributed by atoms with E-state index in [1.165, 1.54) is 0 Å². The Bertz CT molecular complexity index is 418. The fraction of sp³-hybridized carbons (Fsp3) is 0.688. The van der Waals surface area contributed by atoms with E-state index in [0.29, 0.717) is 18.0 Å². The van der Waals surface area contributed by atoms with E-state index in [1.807, 2.05) is 12.3 Å². The molecule has 1 N–H and O–H groups in total. The molecule has 0 spiro atoms. The minimum Gasteiger partial charge on any atom is -0.356 e. The van der Waals surface area contributed by atoms with Gasteiger partial charge in [0.15, 0.2) is 0 Å². The Balaban J connectivity index is 2.76. The standard InChI is InChI=1S/C16H28ClN3/c1-11(2)7-13(5)20(6)16-15(17)8-14(10-19-16)9-18-12(3)4/h8,10-13,18H,7,9H2,1-6H3. The molecule has 1 aromatic rings. The molecule has 1 heterocycles. The van der Waals surface area contributed by atoms with Crippen molar-refractivity contribution in [2.45, 2.75) is 59.7 Å². The predicted octanol–water partition coefficient (Wildman–Crippen LogP) is 4.10. The zero-order valence-electron chi connectivity index (χ0n) is 13.6. The molecule has 1 rings (SSSR count). The summed E-state index contributed by atoms with van der Waals surface area (Å²) < 4.78 is 0. The van der Waals surface area contributed by atoms with E-state index >= 15 is 0 Å². The van der Waals surface area contributed by atoms with E-state index in [-0.39, 0.29) is 0 Å². The van der Waals surface area contributed by atoms with Gasteiger partial charge in [-0.15, -0.1) is 0 Å². The van der Waals surface area contributed by atoms with Crippen molar-refractivity contribution in [3.05, 3.63) is 22.8 Å². The lowest BCUT2D eigenvalue weighted by atomic mass is 10.0. The van der Waals surface area contributed by atoms with Crippen molar-refractivity contribution in [2.24, 2.45) is 5.92 Å². The number of nitrogens with one attached hydrogen (secondary N) is 1. The van der Waals surface area contributed by atoms with Crippen LogP contribution in [0.1, 0.15) is 46.6 Å². The van der Waals surface area contributed by atoms with Gasteiger partial charge in [0.1, 0.15) is 5.82 Å². The van der Waals surface area contributed by atoms with E-state index in [4.69, 9.17) is 11.6 Å². The van der Waals surface area contributed by atoms with E-state index in [1.54, 1.807) is 0 Å². The van der Waals surface area contributed by atoms with Crippen molar-refractivity contribution < 1.29 is 0 Å². The van der Waals surface area contributed by atoms with Crippen molar-refractivity contribution >= 4 is 17.4 Å². The number of rotatable bonds is 7. The largest absolute Gasteiger partial charge is 0.356 e. The van der Waals surface area contributed by atoms with Gasteiger partial charge >= 0.3 is 0 Å². The molecular weight excluding hydrogens is 270 g/mol. The second kappa shape index (κ2) is 7.84. The van der Waals surface area contributed by atoms with E-state index in [0.717, 1.165) is 29.4 Å². The van der Waals surface area contributed by atoms with Crippen LogP contribution in [0.5, 0.6) is 0 Å². The maximum Gasteiger partial charge on any atom is 0.147 e. The third-order valence-electron chi connectivity index (χ3n) is 3.40. The number of hydrogen-bond donors (Lipinski definition) is 1. The van der Waals surface area contributed by atoms with Gasteiger partial charge < -0.3 is 10.2 Å². The Kier molecular flexibility index (Phi) is 6.77. The SMILES string of the molecule is CC(C)CC(C)N(C)c1ncc(CNC(C)C)cc1Cl. The Morgan fingerprint density at radius 3 is 2.40 bits per heavy atom. The van der Waals surface area contributed by atoms with Crippen LogP contribution in [0.2, 0.25) is 5.02 Å². The van der Waals surface area contributed by atoms with Gasteiger partial charge in [0.05, 0.1) is 5.02 Å². The van der Waals surface area contributed by atoms with Gasteiger partial charge in [-0.05, 0) is 30.9 Å². The number of hydrogen-bond acceptors (Lipinski definition) is 3. The molecule has 0 fully saturated rings. The van der Waals surface area contributed by atoms with Crippen molar-refractivity contribution in [1.82, 2.24) is 10.3 Å². The topological polar surface area (TPSA) is 28.2 Å². The van der Waals surface area contributed by atoms with Crippen molar-refractivity contribution in [3.63, 3.8) is 0 Å². The fourth-order valence-electron chi connectivity index (χ4n) is 2.20. The normalized spacial score (nSPS) is 13.1. The summed E-state index contributed by atoms with van der Waals surface area (Å²) in [5.41, 5.74) is 1.12. The third kappa shape index (κ3) is 5.29. The second-order valence-electron chi connectivity index (χ2n) is 6.27. The van der Waals surface area contributed by atoms with Crippen LogP contribution >= 0.6 is 11.6 Å². The molecule has 0 bridgehead atoms. The van der Waals surface area contributed by atoms with Crippen molar-refractivity contribution in [3.8, 4) is 0 Å². The van der Waals surface area contributed by atoms with Crippen LogP contribution in [0.4, 0.5) is 5.82 Å². The molecule has 0 radical (unpaired) electrons. The van der Waals surface area contributed by atoms with Gasteiger partial charge in [0.25, 0.3) is 0 Å². The zero-order valence-corrected chi connectivity index (χ0v) is 14.3. The molecule has 114 valence electrons. The highest BCUT2D eigenvalue weighted by Crippen LogP contribution is 2.26. The van der Waals surface area contributed by atoms with Crippen LogP contribution in [-0.2, 0) is 6.54 Å². The molecule has 0 saturated heterocycles. The summed E-state index contributed by atoms with van der Waals surface area (Å²) >= 11 is 6.39. The lowest BCUT2D eigenvalue weighted by Gasteiger charge is -2.28. The molecule has 1 unspecified atom stereocenters. The summed E-state index contributed by atoms with van der Waals surface area (Å²) in [4.78, 5) is 6.71. The van der Waals surface area contributed by atoms with Crippen molar-refractivity contribution in [1.29, 1.82) is 0 Å². The van der Waals surface area contributed by atoms with Gasteiger partial charge in [-0.3, -0.25) is 0 Å². The quantitative estimate of drug-likeness (QED) is 0.821. The van der Waals surface area contributed by atoms with Crippen LogP contribution in [0.15, 0.2) is 12.3 Å². The average molecular weight is 298 g/mol. The minimum atomic E-state index is 0.430. The van der Waals surface area contributed by atoms with Crippen LogP contribution in [0.25, 0.3) is 0 Å². The molecule has 20 heavy (non-hydrogen) atoms. The number of halogens is 1. The smallest absolute Gasteiger partial charge is 0.147 e. The van der Waals surface area contributed by atoms with Gasteiger partial charge in [-0.1, -0.05) is 39.3 Å². The molecule has 1 aromatic heterocycles. The maximum absolute atomic E-state index is 6.39. The number of pyridine rings is 1. The Morgan fingerprint density at radius 1 is 1.25 bits per heavy atom. The molecule has 0 aliphatic carbocycles. The van der Waals surface area contributed by atoms with Crippen LogP contribution in [0.3, 0.4) is 0 Å². The molecule has 4 heteroatoms. The highest BCUT2D eigenvalue weighted by molar-refractivity contribution is 6.33. The molecular formula is C16H28ClN3. The molecule has 0 saturated carbocycles. The van der Waals surface area contributed by atoms with Gasteiger partial charge in [0.2, 0.25) is 0 Å². The minimum absolute atomic E-state index is 0.430. The summed E-state index contributed by atoms with van der Waals surface area (Å²) in [6, 6.07) is 2.90. The molecule has 1 atom stereocenters. The first-order valence-corrected chi connectivity index (χ1v) is 7.79. The van der Waals surface area contributed by atoms with Crippen molar-refractivity contribution in [2.75, 3.05) is 11.9 Å². The summed E-state index contributed by atoms with van der Waals surface area (Å²) in [6.45, 7) is 11.7. The molecule has 3 nitrogen and oxygen atoms in total. The molecule has 0 amide bonds. The first kappa shape index (κ1) is 17.3. The number of nitrogens with zero attached hydrogens (tertiary/aromatic N) is 2. The number of anilines is 1. The third-order valence-corrected chi connectivity index (χ3v) is 3.68. The fourth-order valence-corrected chi connectivity index (χ4v) is 2.52. The van der Waals surface area contributed by atoms with E-state index < -0.39 is 0 Å². The van der Waals surface area contributed by atoms with E-state index in [9.17, 15) is 0 Å². The lowest BCUT2D eigenvalue weighted by molar-refractivity contribution is 0.502. The second-order valence-corrected chi connectivity index (χ2v) is 6.68. The van der Waals surface area contributed by atoms with Crippen LogP contribution in [0, 0.1) is 5.92 Å². The summed E-state index contributed by atoms with van der Waals surface area (Å²) in [6.07, 6.45) is 3.04. The monoisotopic (exact) mass is 297 g/mol. The summed E-state index contributed by atoms with van der Waals surface area (Å²) in [5.74, 6) is 1.54. The molecule has 0 aromatic carbocycles. The lowest BCUT2D eigenvalue weighted by Crippen LogP contribution is -2.31. The van der Waals surface area contributed by atoms with E-state index in [2.05, 4.69) is 56.9 Å². The Morgan fingerprint density at radius 2 is 1.90 bits per heavy atom. The summed E-state index contributed by atoms with van der Waals surface area (Å²) in [7, 11) is 2.06. The van der Waals surface area contributed by atoms with Gasteiger partial charge in [-0.25, -0.2) is 4.98 Å². The molecule has 0 aliphatic rings. The Labute approximate surface area is 128 Å². The zero-order chi connectivity index (χ0) is 15.3. The van der Waals surface area contributed by atoms with Crippen LogP contribution < -0.4 is 10.2 Å². The van der Waals surface area contributed by atoms with Crippen LogP contribution in [-0.4, -0.2) is 24.1 Å². The highest BCUT2D eigenvalue weighted by atomic mass is 35.5. The predicted molar refractivity (Wildman–Crippen MR) is 88.5 cm³/mol. The Hall–Kier alpha value is -0.800. The first-order valence-electron chi connectivity index (χ1n) is 7.41. The highest BCUT2D eigenvalue weighted by Gasteiger charge is 2.15.